The average Bonchev–Trinajstić information content (AvgIpc) is 2.25. The zero-order valence-corrected chi connectivity index (χ0v) is 9.92. The quantitative estimate of drug-likeness (QED) is 0.827. The van der Waals surface area contributed by atoms with Crippen molar-refractivity contribution in [3.63, 3.8) is 0 Å². The fourth-order valence-electron chi connectivity index (χ4n) is 1.76. The van der Waals surface area contributed by atoms with Crippen LogP contribution in [-0.4, -0.2) is 33.5 Å². The molecule has 0 aliphatic carbocycles. The maximum atomic E-state index is 10.8. The van der Waals surface area contributed by atoms with E-state index in [2.05, 4.69) is 4.98 Å². The van der Waals surface area contributed by atoms with E-state index in [0.717, 1.165) is 5.56 Å². The minimum Gasteiger partial charge on any atom is -0.480 e. The van der Waals surface area contributed by atoms with E-state index in [-0.39, 0.29) is 18.6 Å². The average molecular weight is 222 g/mol. The number of nitrogens with zero attached hydrogens (tertiary/aromatic N) is 2. The summed E-state index contributed by atoms with van der Waals surface area (Å²) in [6.07, 6.45) is 3.45. The molecule has 1 atom stereocenters. The Morgan fingerprint density at radius 2 is 1.94 bits per heavy atom. The van der Waals surface area contributed by atoms with Crippen LogP contribution >= 0.6 is 0 Å². The first kappa shape index (κ1) is 12.6. The molecule has 0 spiro atoms. The zero-order chi connectivity index (χ0) is 12.1. The maximum absolute atomic E-state index is 10.8. The molecule has 0 fully saturated rings. The van der Waals surface area contributed by atoms with Crippen LogP contribution in [0.3, 0.4) is 0 Å². The third-order valence-corrected chi connectivity index (χ3v) is 2.67. The van der Waals surface area contributed by atoms with Gasteiger partial charge in [0.1, 0.15) is 0 Å². The SMILES string of the molecule is CC(C)N(CC(=O)O)C(C)c1ccncc1. The minimum atomic E-state index is -0.797. The summed E-state index contributed by atoms with van der Waals surface area (Å²) in [4.78, 5) is 16.7. The highest BCUT2D eigenvalue weighted by Crippen LogP contribution is 2.21. The lowest BCUT2D eigenvalue weighted by Crippen LogP contribution is -2.37. The van der Waals surface area contributed by atoms with Crippen LogP contribution in [0.25, 0.3) is 0 Å². The number of aromatic nitrogens is 1. The molecular formula is C12H18N2O2. The van der Waals surface area contributed by atoms with Gasteiger partial charge in [0.25, 0.3) is 0 Å². The number of aliphatic carboxylic acids is 1. The Morgan fingerprint density at radius 1 is 1.38 bits per heavy atom. The van der Waals surface area contributed by atoms with E-state index in [9.17, 15) is 4.79 Å². The van der Waals surface area contributed by atoms with Crippen LogP contribution in [0.4, 0.5) is 0 Å². The van der Waals surface area contributed by atoms with E-state index in [0.29, 0.717) is 0 Å². The lowest BCUT2D eigenvalue weighted by Gasteiger charge is -2.31. The molecule has 0 aliphatic heterocycles. The van der Waals surface area contributed by atoms with Gasteiger partial charge < -0.3 is 5.11 Å². The topological polar surface area (TPSA) is 53.4 Å². The Kier molecular flexibility index (Phi) is 4.43. The Hall–Kier alpha value is -1.42. The van der Waals surface area contributed by atoms with Gasteiger partial charge in [0, 0.05) is 24.5 Å². The van der Waals surface area contributed by atoms with Crippen molar-refractivity contribution in [1.29, 1.82) is 0 Å². The molecule has 1 rings (SSSR count). The summed E-state index contributed by atoms with van der Waals surface area (Å²) >= 11 is 0. The molecular weight excluding hydrogens is 204 g/mol. The number of carboxylic acids is 1. The van der Waals surface area contributed by atoms with Gasteiger partial charge in [0.05, 0.1) is 6.54 Å². The van der Waals surface area contributed by atoms with Crippen molar-refractivity contribution in [2.75, 3.05) is 6.54 Å². The van der Waals surface area contributed by atoms with E-state index in [1.54, 1.807) is 12.4 Å². The monoisotopic (exact) mass is 222 g/mol. The van der Waals surface area contributed by atoms with Gasteiger partial charge in [-0.3, -0.25) is 14.7 Å². The molecule has 0 aliphatic rings. The molecule has 0 amide bonds. The molecule has 88 valence electrons. The summed E-state index contributed by atoms with van der Waals surface area (Å²) in [5, 5.41) is 8.87. The Labute approximate surface area is 95.9 Å². The second-order valence-electron chi connectivity index (χ2n) is 4.12. The highest BCUT2D eigenvalue weighted by atomic mass is 16.4. The molecule has 4 heteroatoms. The predicted molar refractivity (Wildman–Crippen MR) is 62.1 cm³/mol. The summed E-state index contributed by atoms with van der Waals surface area (Å²) in [6.45, 7) is 6.07. The molecule has 1 N–H and O–H groups in total. The second kappa shape index (κ2) is 5.61. The van der Waals surface area contributed by atoms with Crippen molar-refractivity contribution < 1.29 is 9.90 Å². The zero-order valence-electron chi connectivity index (χ0n) is 9.92. The Balaban J connectivity index is 2.83. The number of carboxylic acid groups (broad SMARTS) is 1. The van der Waals surface area contributed by atoms with Gasteiger partial charge in [0.2, 0.25) is 0 Å². The number of pyridine rings is 1. The number of hydrogen-bond acceptors (Lipinski definition) is 3. The molecule has 1 aromatic heterocycles. The highest BCUT2D eigenvalue weighted by Gasteiger charge is 2.20. The normalized spacial score (nSPS) is 13.1. The van der Waals surface area contributed by atoms with Crippen LogP contribution in [0.15, 0.2) is 24.5 Å². The molecule has 0 bridgehead atoms. The van der Waals surface area contributed by atoms with Gasteiger partial charge in [0.15, 0.2) is 0 Å². The minimum absolute atomic E-state index is 0.0567. The van der Waals surface area contributed by atoms with Gasteiger partial charge >= 0.3 is 5.97 Å². The van der Waals surface area contributed by atoms with Gasteiger partial charge in [-0.25, -0.2) is 0 Å². The fraction of sp³-hybridized carbons (Fsp3) is 0.500. The first-order valence-electron chi connectivity index (χ1n) is 5.40. The molecule has 1 unspecified atom stereocenters. The lowest BCUT2D eigenvalue weighted by atomic mass is 10.1. The first-order chi connectivity index (χ1) is 7.52. The van der Waals surface area contributed by atoms with E-state index >= 15 is 0 Å². The van der Waals surface area contributed by atoms with Crippen LogP contribution in [0, 0.1) is 0 Å². The molecule has 0 aromatic carbocycles. The third-order valence-electron chi connectivity index (χ3n) is 2.67. The van der Waals surface area contributed by atoms with Crippen molar-refractivity contribution in [2.24, 2.45) is 0 Å². The molecule has 1 aromatic rings. The largest absolute Gasteiger partial charge is 0.480 e. The summed E-state index contributed by atoms with van der Waals surface area (Å²) in [6, 6.07) is 4.11. The first-order valence-corrected chi connectivity index (χ1v) is 5.40. The van der Waals surface area contributed by atoms with Crippen molar-refractivity contribution in [3.8, 4) is 0 Å². The summed E-state index contributed by atoms with van der Waals surface area (Å²) in [5.74, 6) is -0.797. The smallest absolute Gasteiger partial charge is 0.317 e. The Bertz CT molecular complexity index is 338. The predicted octanol–water partition coefficient (Wildman–Crippen LogP) is 1.94. The number of rotatable bonds is 5. The van der Waals surface area contributed by atoms with Crippen molar-refractivity contribution in [3.05, 3.63) is 30.1 Å². The van der Waals surface area contributed by atoms with Gasteiger partial charge in [-0.2, -0.15) is 0 Å². The highest BCUT2D eigenvalue weighted by molar-refractivity contribution is 5.69. The third kappa shape index (κ3) is 3.31. The standard InChI is InChI=1S/C12H18N2O2/c1-9(2)14(8-12(15)16)10(3)11-4-6-13-7-5-11/h4-7,9-10H,8H2,1-3H3,(H,15,16). The summed E-state index contributed by atoms with van der Waals surface area (Å²) in [5.41, 5.74) is 1.09. The molecule has 16 heavy (non-hydrogen) atoms. The van der Waals surface area contributed by atoms with Crippen LogP contribution in [0.5, 0.6) is 0 Å². The van der Waals surface area contributed by atoms with E-state index in [1.165, 1.54) is 0 Å². The number of carbonyl (C=O) groups is 1. The van der Waals surface area contributed by atoms with Crippen LogP contribution < -0.4 is 0 Å². The maximum Gasteiger partial charge on any atom is 0.317 e. The van der Waals surface area contributed by atoms with Crippen molar-refractivity contribution >= 4 is 5.97 Å². The molecule has 4 nitrogen and oxygen atoms in total. The summed E-state index contributed by atoms with van der Waals surface area (Å²) in [7, 11) is 0. The van der Waals surface area contributed by atoms with Gasteiger partial charge in [-0.05, 0) is 38.5 Å². The van der Waals surface area contributed by atoms with E-state index < -0.39 is 5.97 Å². The van der Waals surface area contributed by atoms with Gasteiger partial charge in [-0.1, -0.05) is 0 Å². The van der Waals surface area contributed by atoms with E-state index in [1.807, 2.05) is 37.8 Å². The van der Waals surface area contributed by atoms with Crippen LogP contribution in [0.2, 0.25) is 0 Å². The summed E-state index contributed by atoms with van der Waals surface area (Å²) < 4.78 is 0. The second-order valence-corrected chi connectivity index (χ2v) is 4.12. The van der Waals surface area contributed by atoms with Gasteiger partial charge in [-0.15, -0.1) is 0 Å². The molecule has 0 radical (unpaired) electrons. The Morgan fingerprint density at radius 3 is 2.38 bits per heavy atom. The number of hydrogen-bond donors (Lipinski definition) is 1. The van der Waals surface area contributed by atoms with Crippen molar-refractivity contribution in [1.82, 2.24) is 9.88 Å². The van der Waals surface area contributed by atoms with Crippen molar-refractivity contribution in [2.45, 2.75) is 32.9 Å². The van der Waals surface area contributed by atoms with Crippen LogP contribution in [0.1, 0.15) is 32.4 Å². The molecule has 0 saturated heterocycles. The molecule has 0 saturated carbocycles. The van der Waals surface area contributed by atoms with E-state index in [4.69, 9.17) is 5.11 Å². The fourth-order valence-corrected chi connectivity index (χ4v) is 1.76. The molecule has 1 heterocycles. The lowest BCUT2D eigenvalue weighted by molar-refractivity contribution is -0.139. The van der Waals surface area contributed by atoms with Crippen LogP contribution in [-0.2, 0) is 4.79 Å².